The molecule has 2 fully saturated rings. The first kappa shape index (κ1) is 8.05. The predicted molar refractivity (Wildman–Crippen MR) is 44.9 cm³/mol. The van der Waals surface area contributed by atoms with Gasteiger partial charge in [-0.3, -0.25) is 4.79 Å². The molecule has 0 aromatic heterocycles. The second kappa shape index (κ2) is 2.73. The number of carboxylic acids is 1. The minimum Gasteiger partial charge on any atom is -0.481 e. The Hall–Kier alpha value is -0.570. The lowest BCUT2D eigenvalue weighted by molar-refractivity contribution is -0.146. The smallest absolute Gasteiger partial charge is 0.306 e. The van der Waals surface area contributed by atoms with Crippen molar-refractivity contribution in [2.75, 3.05) is 7.05 Å². The van der Waals surface area contributed by atoms with E-state index in [4.69, 9.17) is 5.11 Å². The zero-order chi connectivity index (χ0) is 8.72. The van der Waals surface area contributed by atoms with Crippen LogP contribution < -0.4 is 0 Å². The van der Waals surface area contributed by atoms with Gasteiger partial charge in [-0.25, -0.2) is 0 Å². The van der Waals surface area contributed by atoms with Crippen molar-refractivity contribution in [2.45, 2.75) is 37.8 Å². The summed E-state index contributed by atoms with van der Waals surface area (Å²) >= 11 is 0. The second-order valence-electron chi connectivity index (χ2n) is 4.06. The van der Waals surface area contributed by atoms with Gasteiger partial charge in [0.1, 0.15) is 0 Å². The number of carboxylic acid groups (broad SMARTS) is 1. The lowest BCUT2D eigenvalue weighted by Gasteiger charge is -2.39. The molecule has 0 aliphatic heterocycles. The summed E-state index contributed by atoms with van der Waals surface area (Å²) in [7, 11) is 2.13. The summed E-state index contributed by atoms with van der Waals surface area (Å²) in [6.45, 7) is 0. The number of carbonyl (C=O) groups is 1. The molecular weight excluding hydrogens is 154 g/mol. The SMILES string of the molecule is CN(C1CC1)C1CC(C(=O)O)C1. The Balaban J connectivity index is 1.76. The number of hydrogen-bond donors (Lipinski definition) is 1. The summed E-state index contributed by atoms with van der Waals surface area (Å²) < 4.78 is 0. The van der Waals surface area contributed by atoms with Crippen LogP contribution in [0, 0.1) is 5.92 Å². The highest BCUT2D eigenvalue weighted by Gasteiger charge is 2.41. The van der Waals surface area contributed by atoms with Crippen molar-refractivity contribution in [1.29, 1.82) is 0 Å². The average Bonchev–Trinajstić information content (AvgIpc) is 2.62. The third kappa shape index (κ3) is 1.33. The van der Waals surface area contributed by atoms with Crippen molar-refractivity contribution >= 4 is 5.97 Å². The maximum atomic E-state index is 10.5. The molecule has 2 rings (SSSR count). The first-order chi connectivity index (χ1) is 5.68. The Morgan fingerprint density at radius 1 is 1.33 bits per heavy atom. The Morgan fingerprint density at radius 2 is 1.92 bits per heavy atom. The number of nitrogens with zero attached hydrogens (tertiary/aromatic N) is 1. The van der Waals surface area contributed by atoms with Crippen LogP contribution in [0.1, 0.15) is 25.7 Å². The minimum absolute atomic E-state index is 0.0591. The molecule has 0 spiro atoms. The van der Waals surface area contributed by atoms with E-state index in [1.54, 1.807) is 0 Å². The van der Waals surface area contributed by atoms with E-state index in [0.717, 1.165) is 18.9 Å². The zero-order valence-corrected chi connectivity index (χ0v) is 7.36. The van der Waals surface area contributed by atoms with E-state index in [1.165, 1.54) is 12.8 Å². The van der Waals surface area contributed by atoms with Crippen LogP contribution in [0.25, 0.3) is 0 Å². The molecule has 0 unspecified atom stereocenters. The monoisotopic (exact) mass is 169 g/mol. The van der Waals surface area contributed by atoms with E-state index in [-0.39, 0.29) is 5.92 Å². The van der Waals surface area contributed by atoms with Crippen molar-refractivity contribution in [3.63, 3.8) is 0 Å². The Labute approximate surface area is 72.4 Å². The largest absolute Gasteiger partial charge is 0.481 e. The average molecular weight is 169 g/mol. The van der Waals surface area contributed by atoms with E-state index in [2.05, 4.69) is 11.9 Å². The molecule has 3 heteroatoms. The Morgan fingerprint density at radius 3 is 2.33 bits per heavy atom. The van der Waals surface area contributed by atoms with Gasteiger partial charge in [-0.05, 0) is 32.7 Å². The quantitative estimate of drug-likeness (QED) is 0.683. The van der Waals surface area contributed by atoms with Gasteiger partial charge >= 0.3 is 5.97 Å². The number of rotatable bonds is 3. The molecule has 12 heavy (non-hydrogen) atoms. The standard InChI is InChI=1S/C9H15NO2/c1-10(7-2-3-7)8-4-6(5-8)9(11)12/h6-8H,2-5H2,1H3,(H,11,12). The fraction of sp³-hybridized carbons (Fsp3) is 0.889. The Kier molecular flexibility index (Phi) is 1.83. The van der Waals surface area contributed by atoms with Gasteiger partial charge in [0.05, 0.1) is 5.92 Å². The molecule has 0 atom stereocenters. The molecule has 0 radical (unpaired) electrons. The van der Waals surface area contributed by atoms with Crippen molar-refractivity contribution in [3.05, 3.63) is 0 Å². The highest BCUT2D eigenvalue weighted by atomic mass is 16.4. The molecule has 0 amide bonds. The topological polar surface area (TPSA) is 40.5 Å². The maximum Gasteiger partial charge on any atom is 0.306 e. The second-order valence-corrected chi connectivity index (χ2v) is 4.06. The van der Waals surface area contributed by atoms with Crippen LogP contribution >= 0.6 is 0 Å². The normalized spacial score (nSPS) is 34.8. The van der Waals surface area contributed by atoms with E-state index < -0.39 is 5.97 Å². The molecule has 3 nitrogen and oxygen atoms in total. The van der Waals surface area contributed by atoms with Crippen LogP contribution in [0.2, 0.25) is 0 Å². The molecule has 0 aromatic rings. The van der Waals surface area contributed by atoms with Crippen LogP contribution in [0.15, 0.2) is 0 Å². The van der Waals surface area contributed by atoms with Crippen molar-refractivity contribution in [3.8, 4) is 0 Å². The molecule has 68 valence electrons. The molecule has 0 aromatic carbocycles. The molecule has 0 bridgehead atoms. The third-order valence-electron chi connectivity index (χ3n) is 3.16. The van der Waals surface area contributed by atoms with Gasteiger partial charge in [0.15, 0.2) is 0 Å². The van der Waals surface area contributed by atoms with Gasteiger partial charge in [0, 0.05) is 12.1 Å². The van der Waals surface area contributed by atoms with Crippen LogP contribution in [-0.4, -0.2) is 35.1 Å². The van der Waals surface area contributed by atoms with Crippen molar-refractivity contribution in [2.24, 2.45) is 5.92 Å². The fourth-order valence-corrected chi connectivity index (χ4v) is 1.90. The predicted octanol–water partition coefficient (Wildman–Crippen LogP) is 0.944. The van der Waals surface area contributed by atoms with Gasteiger partial charge in [-0.2, -0.15) is 0 Å². The van der Waals surface area contributed by atoms with Gasteiger partial charge < -0.3 is 10.0 Å². The summed E-state index contributed by atoms with van der Waals surface area (Å²) in [4.78, 5) is 12.9. The van der Waals surface area contributed by atoms with Crippen molar-refractivity contribution < 1.29 is 9.90 Å². The van der Waals surface area contributed by atoms with Crippen LogP contribution in [0.5, 0.6) is 0 Å². The third-order valence-corrected chi connectivity index (χ3v) is 3.16. The van der Waals surface area contributed by atoms with Crippen molar-refractivity contribution in [1.82, 2.24) is 4.90 Å². The zero-order valence-electron chi connectivity index (χ0n) is 7.36. The van der Waals surface area contributed by atoms with E-state index in [9.17, 15) is 4.79 Å². The Bertz CT molecular complexity index is 195. The molecule has 2 saturated carbocycles. The first-order valence-corrected chi connectivity index (χ1v) is 4.63. The maximum absolute atomic E-state index is 10.5. The molecule has 2 aliphatic rings. The van der Waals surface area contributed by atoms with Crippen LogP contribution in [0.4, 0.5) is 0 Å². The molecule has 2 aliphatic carbocycles. The van der Waals surface area contributed by atoms with Crippen LogP contribution in [-0.2, 0) is 4.79 Å². The summed E-state index contributed by atoms with van der Waals surface area (Å²) in [5.74, 6) is -0.674. The van der Waals surface area contributed by atoms with Gasteiger partial charge in [0.2, 0.25) is 0 Å². The summed E-state index contributed by atoms with van der Waals surface area (Å²) in [5, 5.41) is 8.67. The summed E-state index contributed by atoms with van der Waals surface area (Å²) in [5.41, 5.74) is 0. The van der Waals surface area contributed by atoms with Crippen LogP contribution in [0.3, 0.4) is 0 Å². The molecule has 0 heterocycles. The van der Waals surface area contributed by atoms with E-state index >= 15 is 0 Å². The van der Waals surface area contributed by atoms with Gasteiger partial charge in [0.25, 0.3) is 0 Å². The minimum atomic E-state index is -0.615. The van der Waals surface area contributed by atoms with Gasteiger partial charge in [-0.1, -0.05) is 0 Å². The molecular formula is C9H15NO2. The van der Waals surface area contributed by atoms with Gasteiger partial charge in [-0.15, -0.1) is 0 Å². The number of hydrogen-bond acceptors (Lipinski definition) is 2. The fourth-order valence-electron chi connectivity index (χ4n) is 1.90. The highest BCUT2D eigenvalue weighted by molar-refractivity contribution is 5.71. The number of aliphatic carboxylic acids is 1. The highest BCUT2D eigenvalue weighted by Crippen LogP contribution is 2.37. The lowest BCUT2D eigenvalue weighted by atomic mass is 9.79. The molecule has 1 N–H and O–H groups in total. The lowest BCUT2D eigenvalue weighted by Crippen LogP contribution is -2.46. The summed E-state index contributed by atoms with van der Waals surface area (Å²) in [6, 6.07) is 1.32. The summed E-state index contributed by atoms with van der Waals surface area (Å²) in [6.07, 6.45) is 4.35. The molecule has 0 saturated heterocycles. The van der Waals surface area contributed by atoms with E-state index in [0.29, 0.717) is 6.04 Å². The first-order valence-electron chi connectivity index (χ1n) is 4.63. The van der Waals surface area contributed by atoms with E-state index in [1.807, 2.05) is 0 Å².